The van der Waals surface area contributed by atoms with Crippen molar-refractivity contribution in [2.75, 3.05) is 26.2 Å². The summed E-state index contributed by atoms with van der Waals surface area (Å²) >= 11 is 5.87. The van der Waals surface area contributed by atoms with Crippen molar-refractivity contribution in [3.05, 3.63) is 64.7 Å². The van der Waals surface area contributed by atoms with Gasteiger partial charge >= 0.3 is 0 Å². The molecule has 1 saturated heterocycles. The Kier molecular flexibility index (Phi) is 6.53. The van der Waals surface area contributed by atoms with E-state index in [1.165, 1.54) is 0 Å². The zero-order chi connectivity index (χ0) is 18.4. The molecule has 0 bridgehead atoms. The van der Waals surface area contributed by atoms with Crippen molar-refractivity contribution < 1.29 is 9.53 Å². The fourth-order valence-electron chi connectivity index (χ4n) is 3.10. The second-order valence-electron chi connectivity index (χ2n) is 6.76. The predicted molar refractivity (Wildman–Crippen MR) is 105 cm³/mol. The van der Waals surface area contributed by atoms with Gasteiger partial charge in [0.05, 0.1) is 0 Å². The van der Waals surface area contributed by atoms with E-state index in [0.717, 1.165) is 49.4 Å². The van der Waals surface area contributed by atoms with Crippen LogP contribution in [-0.2, 0) is 0 Å². The van der Waals surface area contributed by atoms with Crippen molar-refractivity contribution in [1.82, 2.24) is 10.2 Å². The third-order valence-electron chi connectivity index (χ3n) is 4.73. The lowest BCUT2D eigenvalue weighted by Gasteiger charge is -2.32. The molecule has 2 aromatic rings. The Hall–Kier alpha value is -2.04. The van der Waals surface area contributed by atoms with E-state index in [1.807, 2.05) is 55.5 Å². The van der Waals surface area contributed by atoms with E-state index >= 15 is 0 Å². The Labute approximate surface area is 160 Å². The largest absolute Gasteiger partial charge is 0.492 e. The number of amides is 1. The lowest BCUT2D eigenvalue weighted by atomic mass is 10.0. The van der Waals surface area contributed by atoms with Crippen LogP contribution in [0, 0.1) is 6.92 Å². The highest BCUT2D eigenvalue weighted by Crippen LogP contribution is 2.16. The molecule has 138 valence electrons. The molecule has 5 heteroatoms. The number of benzene rings is 2. The highest BCUT2D eigenvalue weighted by molar-refractivity contribution is 6.30. The molecule has 0 unspecified atom stereocenters. The zero-order valence-corrected chi connectivity index (χ0v) is 15.8. The Balaban J connectivity index is 1.36. The summed E-state index contributed by atoms with van der Waals surface area (Å²) in [7, 11) is 0. The Morgan fingerprint density at radius 2 is 1.77 bits per heavy atom. The molecule has 26 heavy (non-hydrogen) atoms. The van der Waals surface area contributed by atoms with Crippen molar-refractivity contribution in [2.24, 2.45) is 0 Å². The van der Waals surface area contributed by atoms with E-state index in [1.54, 1.807) is 0 Å². The van der Waals surface area contributed by atoms with Crippen LogP contribution < -0.4 is 10.1 Å². The molecular formula is C21H25ClN2O2. The van der Waals surface area contributed by atoms with E-state index < -0.39 is 0 Å². The van der Waals surface area contributed by atoms with Gasteiger partial charge in [-0.1, -0.05) is 29.3 Å². The van der Waals surface area contributed by atoms with Gasteiger partial charge in [-0.15, -0.1) is 0 Å². The lowest BCUT2D eigenvalue weighted by Crippen LogP contribution is -2.45. The summed E-state index contributed by atoms with van der Waals surface area (Å²) < 4.78 is 5.75. The van der Waals surface area contributed by atoms with Crippen LogP contribution in [0.1, 0.15) is 28.8 Å². The number of rotatable bonds is 6. The number of hydrogen-bond acceptors (Lipinski definition) is 3. The summed E-state index contributed by atoms with van der Waals surface area (Å²) in [5.74, 6) is 0.865. The van der Waals surface area contributed by atoms with E-state index in [-0.39, 0.29) is 11.9 Å². The van der Waals surface area contributed by atoms with Crippen molar-refractivity contribution in [3.63, 3.8) is 0 Å². The van der Waals surface area contributed by atoms with Gasteiger partial charge < -0.3 is 10.1 Å². The van der Waals surface area contributed by atoms with Gasteiger partial charge in [0.25, 0.3) is 5.91 Å². The summed E-state index contributed by atoms with van der Waals surface area (Å²) in [4.78, 5) is 14.7. The highest BCUT2D eigenvalue weighted by Gasteiger charge is 2.21. The smallest absolute Gasteiger partial charge is 0.251 e. The molecule has 3 rings (SSSR count). The zero-order valence-electron chi connectivity index (χ0n) is 15.1. The number of halogens is 1. The average molecular weight is 373 g/mol. The van der Waals surface area contributed by atoms with Crippen LogP contribution in [0.15, 0.2) is 48.5 Å². The number of ether oxygens (including phenoxy) is 1. The number of hydrogen-bond donors (Lipinski definition) is 1. The molecule has 0 atom stereocenters. The van der Waals surface area contributed by atoms with Gasteiger partial charge in [0, 0.05) is 36.3 Å². The van der Waals surface area contributed by atoms with Crippen LogP contribution in [0.4, 0.5) is 0 Å². The summed E-state index contributed by atoms with van der Waals surface area (Å²) in [6.45, 7) is 5.52. The minimum atomic E-state index is 0.0227. The normalized spacial score (nSPS) is 15.6. The highest BCUT2D eigenvalue weighted by atomic mass is 35.5. The SMILES string of the molecule is Cc1ccc(C(=O)NC2CCN(CCOc3ccc(Cl)cc3)CC2)cc1. The third-order valence-corrected chi connectivity index (χ3v) is 4.98. The minimum Gasteiger partial charge on any atom is -0.492 e. The number of carbonyl (C=O) groups excluding carboxylic acids is 1. The Bertz CT molecular complexity index is 708. The molecule has 2 aromatic carbocycles. The van der Waals surface area contributed by atoms with Crippen molar-refractivity contribution in [2.45, 2.75) is 25.8 Å². The summed E-state index contributed by atoms with van der Waals surface area (Å²) in [5, 5.41) is 3.87. The maximum absolute atomic E-state index is 12.3. The third kappa shape index (κ3) is 5.48. The topological polar surface area (TPSA) is 41.6 Å². The van der Waals surface area contributed by atoms with Crippen LogP contribution in [-0.4, -0.2) is 43.1 Å². The molecule has 0 spiro atoms. The lowest BCUT2D eigenvalue weighted by molar-refractivity contribution is 0.0905. The van der Waals surface area contributed by atoms with Gasteiger partial charge in [0.2, 0.25) is 0 Å². The van der Waals surface area contributed by atoms with Gasteiger partial charge in [-0.3, -0.25) is 9.69 Å². The fourth-order valence-corrected chi connectivity index (χ4v) is 3.22. The van der Waals surface area contributed by atoms with E-state index in [9.17, 15) is 4.79 Å². The molecule has 1 fully saturated rings. The molecular weight excluding hydrogens is 348 g/mol. The Morgan fingerprint density at radius 3 is 2.42 bits per heavy atom. The van der Waals surface area contributed by atoms with Crippen LogP contribution in [0.3, 0.4) is 0 Å². The molecule has 1 aliphatic heterocycles. The van der Waals surface area contributed by atoms with Crippen LogP contribution in [0.25, 0.3) is 0 Å². The van der Waals surface area contributed by atoms with Gasteiger partial charge in [-0.05, 0) is 56.2 Å². The second-order valence-corrected chi connectivity index (χ2v) is 7.19. The van der Waals surface area contributed by atoms with Gasteiger partial charge in [0.15, 0.2) is 0 Å². The van der Waals surface area contributed by atoms with Crippen molar-refractivity contribution >= 4 is 17.5 Å². The van der Waals surface area contributed by atoms with E-state index in [0.29, 0.717) is 11.6 Å². The molecule has 0 aliphatic carbocycles. The monoisotopic (exact) mass is 372 g/mol. The van der Waals surface area contributed by atoms with E-state index in [2.05, 4.69) is 10.2 Å². The van der Waals surface area contributed by atoms with Crippen LogP contribution in [0.2, 0.25) is 5.02 Å². The summed E-state index contributed by atoms with van der Waals surface area (Å²) in [5.41, 5.74) is 1.89. The average Bonchev–Trinajstić information content (AvgIpc) is 2.65. The molecule has 1 amide bonds. The fraction of sp³-hybridized carbons (Fsp3) is 0.381. The number of aryl methyl sites for hydroxylation is 1. The van der Waals surface area contributed by atoms with Crippen molar-refractivity contribution in [1.29, 1.82) is 0 Å². The molecule has 0 aromatic heterocycles. The summed E-state index contributed by atoms with van der Waals surface area (Å²) in [6.07, 6.45) is 1.94. The van der Waals surface area contributed by atoms with Crippen LogP contribution in [0.5, 0.6) is 5.75 Å². The first-order valence-electron chi connectivity index (χ1n) is 9.08. The number of nitrogens with zero attached hydrogens (tertiary/aromatic N) is 1. The standard InChI is InChI=1S/C21H25ClN2O2/c1-16-2-4-17(5-3-16)21(25)23-19-10-12-24(13-11-19)14-15-26-20-8-6-18(22)7-9-20/h2-9,19H,10-15H2,1H3,(H,23,25). The molecule has 4 nitrogen and oxygen atoms in total. The number of likely N-dealkylation sites (tertiary alicyclic amines) is 1. The maximum atomic E-state index is 12.3. The number of nitrogens with one attached hydrogen (secondary N) is 1. The van der Waals surface area contributed by atoms with E-state index in [4.69, 9.17) is 16.3 Å². The number of piperidine rings is 1. The summed E-state index contributed by atoms with van der Waals surface area (Å²) in [6, 6.07) is 15.4. The van der Waals surface area contributed by atoms with Crippen molar-refractivity contribution in [3.8, 4) is 5.75 Å². The second kappa shape index (κ2) is 9.06. The first kappa shape index (κ1) is 18.7. The molecule has 1 heterocycles. The predicted octanol–water partition coefficient (Wildman–Crippen LogP) is 3.92. The maximum Gasteiger partial charge on any atom is 0.251 e. The quantitative estimate of drug-likeness (QED) is 0.835. The molecule has 0 radical (unpaired) electrons. The molecule has 1 aliphatic rings. The van der Waals surface area contributed by atoms with Crippen LogP contribution >= 0.6 is 11.6 Å². The molecule has 0 saturated carbocycles. The first-order chi connectivity index (χ1) is 12.6. The number of carbonyl (C=O) groups is 1. The first-order valence-corrected chi connectivity index (χ1v) is 9.46. The van der Waals surface area contributed by atoms with Gasteiger partial charge in [-0.25, -0.2) is 0 Å². The van der Waals surface area contributed by atoms with Gasteiger partial charge in [-0.2, -0.15) is 0 Å². The van der Waals surface area contributed by atoms with Gasteiger partial charge in [0.1, 0.15) is 12.4 Å². The Morgan fingerprint density at radius 1 is 1.12 bits per heavy atom. The molecule has 1 N–H and O–H groups in total. The minimum absolute atomic E-state index is 0.0227.